The summed E-state index contributed by atoms with van der Waals surface area (Å²) >= 11 is 17.8. The monoisotopic (exact) mass is 422 g/mol. The summed E-state index contributed by atoms with van der Waals surface area (Å²) in [6.45, 7) is 0. The highest BCUT2D eigenvalue weighted by molar-refractivity contribution is 7.80. The lowest BCUT2D eigenvalue weighted by Gasteiger charge is -2.32. The molecule has 6 heteroatoms. The largest absolute Gasteiger partial charge is 0.495 e. The first kappa shape index (κ1) is 20.2. The number of hydrogen-bond acceptors (Lipinski definition) is 2. The fourth-order valence-corrected chi connectivity index (χ4v) is 4.39. The Morgan fingerprint density at radius 1 is 1.11 bits per heavy atom. The van der Waals surface area contributed by atoms with E-state index >= 15 is 0 Å². The molecule has 0 saturated heterocycles. The molecule has 0 bridgehead atoms. The predicted octanol–water partition coefficient (Wildman–Crippen LogP) is 6.23. The lowest BCUT2D eigenvalue weighted by atomic mass is 9.89. The average Bonchev–Trinajstić information content (AvgIpc) is 3.10. The van der Waals surface area contributed by atoms with Crippen molar-refractivity contribution in [2.24, 2.45) is 0 Å². The number of methoxy groups -OCH3 is 1. The minimum Gasteiger partial charge on any atom is -0.495 e. The quantitative estimate of drug-likeness (QED) is 0.540. The summed E-state index contributed by atoms with van der Waals surface area (Å²) in [7, 11) is 1.60. The summed E-state index contributed by atoms with van der Waals surface area (Å²) in [5.74, 6) is 0.649. The van der Waals surface area contributed by atoms with Crippen molar-refractivity contribution in [3.63, 3.8) is 0 Å². The fraction of sp³-hybridized carbons (Fsp3) is 0.381. The van der Waals surface area contributed by atoms with Crippen molar-refractivity contribution in [2.45, 2.75) is 44.1 Å². The van der Waals surface area contributed by atoms with E-state index in [0.29, 0.717) is 15.9 Å². The lowest BCUT2D eigenvalue weighted by molar-refractivity contribution is 0.362. The zero-order chi connectivity index (χ0) is 19.3. The highest BCUT2D eigenvalue weighted by Crippen LogP contribution is 2.34. The number of rotatable bonds is 6. The molecule has 2 aromatic carbocycles. The van der Waals surface area contributed by atoms with E-state index in [1.165, 1.54) is 18.4 Å². The van der Waals surface area contributed by atoms with Crippen LogP contribution in [-0.2, 0) is 6.42 Å². The molecule has 0 aromatic heterocycles. The van der Waals surface area contributed by atoms with Crippen LogP contribution in [0.2, 0.25) is 10.0 Å². The highest BCUT2D eigenvalue weighted by Gasteiger charge is 2.34. The van der Waals surface area contributed by atoms with Crippen molar-refractivity contribution in [1.82, 2.24) is 5.32 Å². The van der Waals surface area contributed by atoms with Gasteiger partial charge in [-0.3, -0.25) is 0 Å². The van der Waals surface area contributed by atoms with Crippen LogP contribution in [-0.4, -0.2) is 17.8 Å². The van der Waals surface area contributed by atoms with Crippen molar-refractivity contribution in [3.05, 3.63) is 58.1 Å². The van der Waals surface area contributed by atoms with Crippen LogP contribution in [0.4, 0.5) is 5.69 Å². The molecule has 2 N–H and O–H groups in total. The number of hydrogen-bond donors (Lipinski definition) is 2. The van der Waals surface area contributed by atoms with Crippen LogP contribution in [0.5, 0.6) is 5.75 Å². The van der Waals surface area contributed by atoms with Crippen molar-refractivity contribution in [1.29, 1.82) is 0 Å². The maximum atomic E-state index is 6.20. The molecule has 0 heterocycles. The smallest absolute Gasteiger partial charge is 0.171 e. The average molecular weight is 423 g/mol. The van der Waals surface area contributed by atoms with E-state index in [1.54, 1.807) is 7.11 Å². The van der Waals surface area contributed by atoms with Gasteiger partial charge in [-0.15, -0.1) is 0 Å². The molecule has 2 aromatic rings. The van der Waals surface area contributed by atoms with Gasteiger partial charge in [0, 0.05) is 16.2 Å². The van der Waals surface area contributed by atoms with E-state index in [2.05, 4.69) is 22.8 Å². The number of benzene rings is 2. The number of nitrogens with one attached hydrogen (secondary N) is 2. The second-order valence-corrected chi connectivity index (χ2v) is 8.29. The van der Waals surface area contributed by atoms with Crippen LogP contribution >= 0.6 is 35.4 Å². The number of anilines is 1. The lowest BCUT2D eigenvalue weighted by Crippen LogP contribution is -2.48. The van der Waals surface area contributed by atoms with E-state index in [1.807, 2.05) is 30.3 Å². The van der Waals surface area contributed by atoms with Gasteiger partial charge in [-0.1, -0.05) is 48.2 Å². The topological polar surface area (TPSA) is 33.3 Å². The maximum absolute atomic E-state index is 6.20. The second kappa shape index (κ2) is 9.13. The Balaban J connectivity index is 1.62. The highest BCUT2D eigenvalue weighted by atomic mass is 35.5. The van der Waals surface area contributed by atoms with Crippen LogP contribution in [0.1, 0.15) is 37.7 Å². The van der Waals surface area contributed by atoms with Gasteiger partial charge in [-0.25, -0.2) is 0 Å². The maximum Gasteiger partial charge on any atom is 0.171 e. The number of halogens is 2. The summed E-state index contributed by atoms with van der Waals surface area (Å²) in [4.78, 5) is 0. The molecule has 1 aliphatic carbocycles. The molecule has 0 spiro atoms. The molecule has 0 radical (unpaired) electrons. The van der Waals surface area contributed by atoms with Gasteiger partial charge in [0.15, 0.2) is 5.11 Å². The zero-order valence-corrected chi connectivity index (χ0v) is 17.7. The molecular formula is C21H24Cl2N2OS. The third kappa shape index (κ3) is 5.50. The van der Waals surface area contributed by atoms with Crippen molar-refractivity contribution in [3.8, 4) is 5.75 Å². The zero-order valence-electron chi connectivity index (χ0n) is 15.4. The summed E-state index contributed by atoms with van der Waals surface area (Å²) < 4.78 is 5.19. The summed E-state index contributed by atoms with van der Waals surface area (Å²) in [5, 5.41) is 8.81. The van der Waals surface area contributed by atoms with E-state index in [4.69, 9.17) is 40.2 Å². The Bertz CT molecular complexity index is 789. The first-order chi connectivity index (χ1) is 13.0. The third-order valence-electron chi connectivity index (χ3n) is 5.15. The predicted molar refractivity (Wildman–Crippen MR) is 118 cm³/mol. The van der Waals surface area contributed by atoms with Crippen LogP contribution in [0.15, 0.2) is 42.5 Å². The fourth-order valence-electron chi connectivity index (χ4n) is 3.67. The van der Waals surface area contributed by atoms with Crippen molar-refractivity contribution < 1.29 is 4.74 Å². The normalized spacial score (nSPS) is 15.4. The molecule has 0 aliphatic heterocycles. The minimum absolute atomic E-state index is 0.0417. The van der Waals surface area contributed by atoms with Crippen LogP contribution in [0.3, 0.4) is 0 Å². The molecule has 0 atom stereocenters. The first-order valence-corrected chi connectivity index (χ1v) is 10.3. The molecule has 3 rings (SSSR count). The Hall–Kier alpha value is -1.49. The Morgan fingerprint density at radius 3 is 2.44 bits per heavy atom. The van der Waals surface area contributed by atoms with E-state index in [0.717, 1.165) is 36.4 Å². The van der Waals surface area contributed by atoms with E-state index in [9.17, 15) is 0 Å². The SMILES string of the molecule is COc1ccc(NC(=S)NC2(CCc3ccc(Cl)cc3)CCCC2)cc1Cl. The van der Waals surface area contributed by atoms with Crippen LogP contribution in [0, 0.1) is 0 Å². The van der Waals surface area contributed by atoms with E-state index < -0.39 is 0 Å². The van der Waals surface area contributed by atoms with Gasteiger partial charge >= 0.3 is 0 Å². The standard InChI is InChI=1S/C21H24Cl2N2OS/c1-26-19-9-8-17(14-18(19)23)24-20(27)25-21(11-2-3-12-21)13-10-15-4-6-16(22)7-5-15/h4-9,14H,2-3,10-13H2,1H3,(H2,24,25,27). The Labute approximate surface area is 176 Å². The number of thiocarbonyl (C=S) groups is 1. The molecule has 3 nitrogen and oxygen atoms in total. The molecule has 0 amide bonds. The van der Waals surface area contributed by atoms with Crippen molar-refractivity contribution >= 4 is 46.2 Å². The number of ether oxygens (including phenoxy) is 1. The third-order valence-corrected chi connectivity index (χ3v) is 5.91. The van der Waals surface area contributed by atoms with Gasteiger partial charge in [0.05, 0.1) is 12.1 Å². The van der Waals surface area contributed by atoms with Gasteiger partial charge < -0.3 is 15.4 Å². The van der Waals surface area contributed by atoms with Gasteiger partial charge in [0.2, 0.25) is 0 Å². The second-order valence-electron chi connectivity index (χ2n) is 7.04. The van der Waals surface area contributed by atoms with E-state index in [-0.39, 0.29) is 5.54 Å². The Kier molecular flexibility index (Phi) is 6.85. The molecular weight excluding hydrogens is 399 g/mol. The van der Waals surface area contributed by atoms with Crippen LogP contribution in [0.25, 0.3) is 0 Å². The number of aryl methyl sites for hydroxylation is 1. The molecule has 1 saturated carbocycles. The van der Waals surface area contributed by atoms with Gasteiger partial charge in [-0.2, -0.15) is 0 Å². The van der Waals surface area contributed by atoms with Gasteiger partial charge in [-0.05, 0) is 73.8 Å². The molecule has 0 unspecified atom stereocenters. The summed E-state index contributed by atoms with van der Waals surface area (Å²) in [6, 6.07) is 13.7. The van der Waals surface area contributed by atoms with Gasteiger partial charge in [0.25, 0.3) is 0 Å². The summed E-state index contributed by atoms with van der Waals surface area (Å²) in [6.07, 6.45) is 6.76. The molecule has 1 aliphatic rings. The summed E-state index contributed by atoms with van der Waals surface area (Å²) in [5.41, 5.74) is 2.19. The minimum atomic E-state index is 0.0417. The molecule has 27 heavy (non-hydrogen) atoms. The molecule has 144 valence electrons. The van der Waals surface area contributed by atoms with Gasteiger partial charge in [0.1, 0.15) is 5.75 Å². The first-order valence-electron chi connectivity index (χ1n) is 9.17. The Morgan fingerprint density at radius 2 is 1.81 bits per heavy atom. The van der Waals surface area contributed by atoms with Crippen LogP contribution < -0.4 is 15.4 Å². The molecule has 1 fully saturated rings. The van der Waals surface area contributed by atoms with Crippen molar-refractivity contribution in [2.75, 3.05) is 12.4 Å².